The number of fused-ring (bicyclic) bond motifs is 3. The van der Waals surface area contributed by atoms with Gasteiger partial charge < -0.3 is 5.32 Å². The summed E-state index contributed by atoms with van der Waals surface area (Å²) >= 11 is 0. The van der Waals surface area contributed by atoms with Crippen molar-refractivity contribution in [2.75, 3.05) is 5.32 Å². The lowest BCUT2D eigenvalue weighted by Crippen LogP contribution is -2.29. The van der Waals surface area contributed by atoms with Crippen LogP contribution < -0.4 is 5.32 Å². The van der Waals surface area contributed by atoms with Crippen LogP contribution in [0.1, 0.15) is 40.6 Å². The first-order valence-corrected chi connectivity index (χ1v) is 8.33. The van der Waals surface area contributed by atoms with Gasteiger partial charge in [0.05, 0.1) is 11.0 Å². The van der Waals surface area contributed by atoms with Crippen molar-refractivity contribution in [2.45, 2.75) is 32.2 Å². The lowest BCUT2D eigenvalue weighted by Gasteiger charge is -2.38. The Balaban J connectivity index is 1.81. The predicted molar refractivity (Wildman–Crippen MR) is 95.4 cm³/mol. The summed E-state index contributed by atoms with van der Waals surface area (Å²) in [7, 11) is 0. The van der Waals surface area contributed by atoms with Gasteiger partial charge in [-0.15, -0.1) is 0 Å². The molecule has 4 nitrogen and oxygen atoms in total. The third-order valence-electron chi connectivity index (χ3n) is 5.25. The zero-order chi connectivity index (χ0) is 16.8. The molecule has 2 aromatic rings. The molecule has 0 amide bonds. The fourth-order valence-corrected chi connectivity index (χ4v) is 4.23. The molecule has 0 saturated carbocycles. The summed E-state index contributed by atoms with van der Waals surface area (Å²) in [6, 6.07) is 11.6. The summed E-state index contributed by atoms with van der Waals surface area (Å²) in [5.74, 6) is 0.782. The smallest absolute Gasteiger partial charge is 0.269 e. The molecule has 0 aromatic heterocycles. The second-order valence-electron chi connectivity index (χ2n) is 6.87. The predicted octanol–water partition coefficient (Wildman–Crippen LogP) is 5.04. The van der Waals surface area contributed by atoms with Crippen LogP contribution in [0.5, 0.6) is 0 Å². The van der Waals surface area contributed by atoms with E-state index in [0.29, 0.717) is 11.8 Å². The number of nitrogens with one attached hydrogen (secondary N) is 1. The minimum Gasteiger partial charge on any atom is -0.377 e. The van der Waals surface area contributed by atoms with Crippen LogP contribution in [0.4, 0.5) is 11.4 Å². The van der Waals surface area contributed by atoms with Crippen molar-refractivity contribution in [3.63, 3.8) is 0 Å². The van der Waals surface area contributed by atoms with E-state index in [0.717, 1.165) is 12.0 Å². The van der Waals surface area contributed by atoms with Gasteiger partial charge in [0.25, 0.3) is 5.69 Å². The summed E-state index contributed by atoms with van der Waals surface area (Å²) < 4.78 is 0. The van der Waals surface area contributed by atoms with Crippen LogP contribution in [0, 0.1) is 29.9 Å². The molecule has 1 aliphatic carbocycles. The van der Waals surface area contributed by atoms with E-state index in [2.05, 4.69) is 43.4 Å². The van der Waals surface area contributed by atoms with Gasteiger partial charge in [0.15, 0.2) is 0 Å². The lowest BCUT2D eigenvalue weighted by molar-refractivity contribution is -0.384. The van der Waals surface area contributed by atoms with Gasteiger partial charge in [0.1, 0.15) is 0 Å². The first-order valence-electron chi connectivity index (χ1n) is 8.33. The number of nitro groups is 1. The third kappa shape index (κ3) is 2.30. The van der Waals surface area contributed by atoms with Crippen molar-refractivity contribution in [3.8, 4) is 0 Å². The van der Waals surface area contributed by atoms with Crippen LogP contribution in [0.3, 0.4) is 0 Å². The molecule has 0 spiro atoms. The molecule has 4 heteroatoms. The topological polar surface area (TPSA) is 55.2 Å². The Morgan fingerprint density at radius 3 is 2.83 bits per heavy atom. The molecular formula is C20H20N2O2. The van der Waals surface area contributed by atoms with Crippen molar-refractivity contribution < 1.29 is 4.92 Å². The first-order chi connectivity index (χ1) is 11.5. The number of nitrogens with zero attached hydrogens (tertiary/aromatic N) is 1. The van der Waals surface area contributed by atoms with E-state index in [4.69, 9.17) is 0 Å². The number of hydrogen-bond acceptors (Lipinski definition) is 3. The molecule has 3 unspecified atom stereocenters. The number of hydrogen-bond donors (Lipinski definition) is 1. The third-order valence-corrected chi connectivity index (χ3v) is 5.25. The highest BCUT2D eigenvalue weighted by Gasteiger charge is 2.38. The van der Waals surface area contributed by atoms with Crippen LogP contribution in [-0.2, 0) is 0 Å². The summed E-state index contributed by atoms with van der Waals surface area (Å²) in [6.07, 6.45) is 5.54. The minimum atomic E-state index is -0.320. The molecule has 1 N–H and O–H groups in total. The van der Waals surface area contributed by atoms with Crippen LogP contribution in [0.2, 0.25) is 0 Å². The highest BCUT2D eigenvalue weighted by molar-refractivity contribution is 5.65. The number of aryl methyl sites for hydroxylation is 2. The van der Waals surface area contributed by atoms with E-state index in [-0.39, 0.29) is 16.7 Å². The van der Waals surface area contributed by atoms with Gasteiger partial charge >= 0.3 is 0 Å². The summed E-state index contributed by atoms with van der Waals surface area (Å²) in [6.45, 7) is 4.26. The van der Waals surface area contributed by atoms with Crippen LogP contribution in [-0.4, -0.2) is 4.92 Å². The molecule has 2 aliphatic rings. The molecule has 1 heterocycles. The van der Waals surface area contributed by atoms with Gasteiger partial charge in [-0.3, -0.25) is 10.1 Å². The van der Waals surface area contributed by atoms with E-state index >= 15 is 0 Å². The summed E-state index contributed by atoms with van der Waals surface area (Å²) in [4.78, 5) is 10.8. The molecule has 0 fully saturated rings. The number of non-ortho nitro benzene ring substituents is 1. The Kier molecular flexibility index (Phi) is 3.41. The minimum absolute atomic E-state index is 0.0961. The fourth-order valence-electron chi connectivity index (χ4n) is 4.23. The van der Waals surface area contributed by atoms with Crippen molar-refractivity contribution >= 4 is 11.4 Å². The highest BCUT2D eigenvalue weighted by Crippen LogP contribution is 2.51. The maximum absolute atomic E-state index is 11.1. The molecule has 24 heavy (non-hydrogen) atoms. The molecule has 0 saturated heterocycles. The van der Waals surface area contributed by atoms with Gasteiger partial charge in [0, 0.05) is 23.7 Å². The summed E-state index contributed by atoms with van der Waals surface area (Å²) in [5.41, 5.74) is 6.20. The fraction of sp³-hybridized carbons (Fsp3) is 0.300. The van der Waals surface area contributed by atoms with E-state index in [1.807, 2.05) is 6.07 Å². The van der Waals surface area contributed by atoms with Crippen LogP contribution >= 0.6 is 0 Å². The number of anilines is 1. The van der Waals surface area contributed by atoms with Crippen molar-refractivity contribution in [3.05, 3.63) is 80.9 Å². The number of nitro benzene ring substituents is 1. The molecule has 0 radical (unpaired) electrons. The molecule has 122 valence electrons. The molecule has 2 aromatic carbocycles. The maximum atomic E-state index is 11.1. The Morgan fingerprint density at radius 1 is 1.21 bits per heavy atom. The molecule has 0 bridgehead atoms. The summed E-state index contributed by atoms with van der Waals surface area (Å²) in [5, 5.41) is 14.8. The first kappa shape index (κ1) is 14.9. The molecule has 4 rings (SSSR count). The second-order valence-corrected chi connectivity index (χ2v) is 6.87. The molecule has 3 atom stereocenters. The van der Waals surface area contributed by atoms with Crippen molar-refractivity contribution in [1.29, 1.82) is 0 Å². The van der Waals surface area contributed by atoms with Gasteiger partial charge in [-0.05, 0) is 42.9 Å². The van der Waals surface area contributed by atoms with Gasteiger partial charge in [-0.25, -0.2) is 0 Å². The second kappa shape index (κ2) is 5.48. The normalized spacial score (nSPS) is 24.2. The van der Waals surface area contributed by atoms with Gasteiger partial charge in [-0.2, -0.15) is 0 Å². The van der Waals surface area contributed by atoms with E-state index < -0.39 is 0 Å². The number of rotatable bonds is 2. The standard InChI is InChI=1S/C20H20N2O2/c1-12-9-13(2)19-18(10-12)16-7-4-8-17(16)20(21-19)14-5-3-6-15(11-14)22(23)24/h3-7,9-11,16-17,20-21H,8H2,1-2H3. The van der Waals surface area contributed by atoms with Crippen molar-refractivity contribution in [2.24, 2.45) is 5.92 Å². The monoisotopic (exact) mass is 320 g/mol. The van der Waals surface area contributed by atoms with Crippen LogP contribution in [0.15, 0.2) is 48.6 Å². The lowest BCUT2D eigenvalue weighted by atomic mass is 9.76. The number of benzene rings is 2. The largest absolute Gasteiger partial charge is 0.377 e. The average molecular weight is 320 g/mol. The zero-order valence-corrected chi connectivity index (χ0v) is 13.8. The van der Waals surface area contributed by atoms with Gasteiger partial charge in [-0.1, -0.05) is 42.0 Å². The van der Waals surface area contributed by atoms with E-state index in [1.54, 1.807) is 18.2 Å². The Morgan fingerprint density at radius 2 is 2.04 bits per heavy atom. The quantitative estimate of drug-likeness (QED) is 0.479. The molecule has 1 aliphatic heterocycles. The highest BCUT2D eigenvalue weighted by atomic mass is 16.6. The average Bonchev–Trinajstić information content (AvgIpc) is 3.04. The van der Waals surface area contributed by atoms with E-state index in [9.17, 15) is 10.1 Å². The van der Waals surface area contributed by atoms with E-state index in [1.165, 1.54) is 22.4 Å². The number of allylic oxidation sites excluding steroid dienone is 2. The zero-order valence-electron chi connectivity index (χ0n) is 13.8. The Labute approximate surface area is 141 Å². The van der Waals surface area contributed by atoms with Gasteiger partial charge in [0.2, 0.25) is 0 Å². The van der Waals surface area contributed by atoms with Crippen LogP contribution in [0.25, 0.3) is 0 Å². The molecular weight excluding hydrogens is 300 g/mol. The Hall–Kier alpha value is -2.62. The Bertz CT molecular complexity index is 857. The SMILES string of the molecule is Cc1cc(C)c2c(c1)C1C=CCC1C(c1cccc([N+](=O)[O-])c1)N2. The van der Waals surface area contributed by atoms with Crippen molar-refractivity contribution in [1.82, 2.24) is 0 Å². The maximum Gasteiger partial charge on any atom is 0.269 e.